The summed E-state index contributed by atoms with van der Waals surface area (Å²) in [6.07, 6.45) is 0.547. The maximum absolute atomic E-state index is 12.9. The van der Waals surface area contributed by atoms with Crippen molar-refractivity contribution in [1.82, 2.24) is 0 Å². The standard InChI is InChI=1S/C22H28N2O8S/c1-7-18(32-15-10-8-14(9-11-15)24(2)33(6,27)28)21(25)23-17-13-20(30-4)19(29-3)12-16(17)22(26)31-5/h8-13,18H,7H2,1-6H3,(H,23,25)/t18-/m0/s1. The lowest BCUT2D eigenvalue weighted by atomic mass is 10.1. The highest BCUT2D eigenvalue weighted by Crippen LogP contribution is 2.34. The minimum Gasteiger partial charge on any atom is -0.493 e. The Labute approximate surface area is 193 Å². The summed E-state index contributed by atoms with van der Waals surface area (Å²) in [5.74, 6) is -0.153. The Hall–Kier alpha value is -3.47. The number of methoxy groups -OCH3 is 3. The van der Waals surface area contributed by atoms with E-state index in [4.69, 9.17) is 18.9 Å². The van der Waals surface area contributed by atoms with Crippen LogP contribution in [0, 0.1) is 0 Å². The normalized spacial score (nSPS) is 11.8. The molecule has 0 unspecified atom stereocenters. The lowest BCUT2D eigenvalue weighted by Crippen LogP contribution is -2.33. The van der Waals surface area contributed by atoms with Crippen LogP contribution in [-0.4, -0.2) is 61.0 Å². The predicted molar refractivity (Wildman–Crippen MR) is 124 cm³/mol. The number of rotatable bonds is 10. The monoisotopic (exact) mass is 480 g/mol. The van der Waals surface area contributed by atoms with Crippen molar-refractivity contribution in [3.63, 3.8) is 0 Å². The molecule has 0 heterocycles. The zero-order valence-electron chi connectivity index (χ0n) is 19.4. The Kier molecular flexibility index (Phi) is 8.52. The summed E-state index contributed by atoms with van der Waals surface area (Å²) in [5.41, 5.74) is 0.721. The molecule has 0 saturated heterocycles. The molecule has 0 aliphatic rings. The highest BCUT2D eigenvalue weighted by Gasteiger charge is 2.24. The third-order valence-corrected chi connectivity index (χ3v) is 6.03. The molecule has 2 aromatic carbocycles. The van der Waals surface area contributed by atoms with Crippen molar-refractivity contribution in [2.75, 3.05) is 44.3 Å². The molecule has 2 rings (SSSR count). The number of ether oxygens (including phenoxy) is 4. The smallest absolute Gasteiger partial charge is 0.340 e. The van der Waals surface area contributed by atoms with Crippen LogP contribution in [0.15, 0.2) is 36.4 Å². The van der Waals surface area contributed by atoms with Crippen molar-refractivity contribution >= 4 is 33.3 Å². The second-order valence-electron chi connectivity index (χ2n) is 6.97. The van der Waals surface area contributed by atoms with Gasteiger partial charge >= 0.3 is 5.97 Å². The minimum atomic E-state index is -3.40. The van der Waals surface area contributed by atoms with Crippen LogP contribution in [0.25, 0.3) is 0 Å². The van der Waals surface area contributed by atoms with Gasteiger partial charge in [0.25, 0.3) is 5.91 Å². The average Bonchev–Trinajstić information content (AvgIpc) is 2.80. The number of carbonyl (C=O) groups excluding carboxylic acids is 2. The second-order valence-corrected chi connectivity index (χ2v) is 8.99. The molecule has 2 aromatic rings. The molecular weight excluding hydrogens is 452 g/mol. The third kappa shape index (κ3) is 6.28. The van der Waals surface area contributed by atoms with Gasteiger partial charge in [0.2, 0.25) is 10.0 Å². The van der Waals surface area contributed by atoms with Gasteiger partial charge in [0.05, 0.1) is 44.5 Å². The second kappa shape index (κ2) is 10.9. The lowest BCUT2D eigenvalue weighted by molar-refractivity contribution is -0.122. The topological polar surface area (TPSA) is 120 Å². The van der Waals surface area contributed by atoms with E-state index in [0.29, 0.717) is 29.4 Å². The fourth-order valence-electron chi connectivity index (χ4n) is 2.89. The van der Waals surface area contributed by atoms with Crippen molar-refractivity contribution in [3.05, 3.63) is 42.0 Å². The number of hydrogen-bond acceptors (Lipinski definition) is 8. The Balaban J connectivity index is 2.25. The first-order valence-corrected chi connectivity index (χ1v) is 11.8. The summed E-state index contributed by atoms with van der Waals surface area (Å²) in [5, 5.41) is 2.68. The van der Waals surface area contributed by atoms with Crippen LogP contribution >= 0.6 is 0 Å². The minimum absolute atomic E-state index is 0.0894. The van der Waals surface area contributed by atoms with Crippen LogP contribution in [0.4, 0.5) is 11.4 Å². The van der Waals surface area contributed by atoms with E-state index in [2.05, 4.69) is 5.32 Å². The first kappa shape index (κ1) is 25.8. The molecule has 33 heavy (non-hydrogen) atoms. The van der Waals surface area contributed by atoms with Crippen molar-refractivity contribution in [1.29, 1.82) is 0 Å². The molecule has 0 spiro atoms. The number of hydrogen-bond donors (Lipinski definition) is 1. The maximum Gasteiger partial charge on any atom is 0.340 e. The molecule has 1 amide bonds. The highest BCUT2D eigenvalue weighted by atomic mass is 32.2. The van der Waals surface area contributed by atoms with Crippen LogP contribution in [0.1, 0.15) is 23.7 Å². The third-order valence-electron chi connectivity index (χ3n) is 4.83. The number of carbonyl (C=O) groups is 2. The fraction of sp³-hybridized carbons (Fsp3) is 0.364. The molecule has 10 nitrogen and oxygen atoms in total. The van der Waals surface area contributed by atoms with Gasteiger partial charge < -0.3 is 24.3 Å². The molecular formula is C22H28N2O8S. The number of sulfonamides is 1. The van der Waals surface area contributed by atoms with E-state index in [9.17, 15) is 18.0 Å². The summed E-state index contributed by atoms with van der Waals surface area (Å²) < 4.78 is 45.6. The summed E-state index contributed by atoms with van der Waals surface area (Å²) in [6, 6.07) is 9.17. The SMILES string of the molecule is CC[C@H](Oc1ccc(N(C)S(C)(=O)=O)cc1)C(=O)Nc1cc(OC)c(OC)cc1C(=O)OC. The fourth-order valence-corrected chi connectivity index (χ4v) is 3.39. The summed E-state index contributed by atoms with van der Waals surface area (Å²) >= 11 is 0. The largest absolute Gasteiger partial charge is 0.493 e. The van der Waals surface area contributed by atoms with Gasteiger partial charge in [0, 0.05) is 19.2 Å². The summed E-state index contributed by atoms with van der Waals surface area (Å²) in [6.45, 7) is 1.77. The number of benzene rings is 2. The molecule has 0 aliphatic carbocycles. The molecule has 0 saturated carbocycles. The molecule has 180 valence electrons. The predicted octanol–water partition coefficient (Wildman–Crippen LogP) is 2.68. The molecule has 0 fully saturated rings. The Morgan fingerprint density at radius 1 is 1.03 bits per heavy atom. The van der Waals surface area contributed by atoms with Crippen molar-refractivity contribution in [3.8, 4) is 17.2 Å². The van der Waals surface area contributed by atoms with E-state index in [-0.39, 0.29) is 11.3 Å². The van der Waals surface area contributed by atoms with Gasteiger partial charge in [0.1, 0.15) is 5.75 Å². The van der Waals surface area contributed by atoms with Crippen LogP contribution in [0.2, 0.25) is 0 Å². The molecule has 1 N–H and O–H groups in total. The van der Waals surface area contributed by atoms with E-state index < -0.39 is 28.0 Å². The van der Waals surface area contributed by atoms with E-state index in [1.54, 1.807) is 31.2 Å². The number of anilines is 2. The number of esters is 1. The summed E-state index contributed by atoms with van der Waals surface area (Å²) in [7, 11) is 2.13. The first-order chi connectivity index (χ1) is 15.5. The summed E-state index contributed by atoms with van der Waals surface area (Å²) in [4.78, 5) is 25.1. The first-order valence-electron chi connectivity index (χ1n) is 9.91. The molecule has 0 bridgehead atoms. The quantitative estimate of drug-likeness (QED) is 0.516. The molecule has 11 heteroatoms. The van der Waals surface area contributed by atoms with Crippen LogP contribution in [0.3, 0.4) is 0 Å². The molecule has 1 atom stereocenters. The van der Waals surface area contributed by atoms with E-state index in [1.165, 1.54) is 40.5 Å². The maximum atomic E-state index is 12.9. The molecule has 0 aromatic heterocycles. The number of nitrogens with one attached hydrogen (secondary N) is 1. The highest BCUT2D eigenvalue weighted by molar-refractivity contribution is 7.92. The lowest BCUT2D eigenvalue weighted by Gasteiger charge is -2.20. The Morgan fingerprint density at radius 3 is 2.09 bits per heavy atom. The molecule has 0 radical (unpaired) electrons. The number of nitrogens with zero attached hydrogens (tertiary/aromatic N) is 1. The van der Waals surface area contributed by atoms with Gasteiger partial charge in [-0.25, -0.2) is 13.2 Å². The van der Waals surface area contributed by atoms with Crippen LogP contribution in [-0.2, 0) is 19.6 Å². The van der Waals surface area contributed by atoms with Gasteiger partial charge in [-0.3, -0.25) is 9.10 Å². The number of amides is 1. The van der Waals surface area contributed by atoms with Gasteiger partial charge in [-0.1, -0.05) is 6.92 Å². The average molecular weight is 481 g/mol. The van der Waals surface area contributed by atoms with E-state index in [1.807, 2.05) is 0 Å². The van der Waals surface area contributed by atoms with Crippen LogP contribution in [0.5, 0.6) is 17.2 Å². The molecule has 0 aliphatic heterocycles. The Bertz CT molecular complexity index is 1100. The van der Waals surface area contributed by atoms with Crippen LogP contribution < -0.4 is 23.8 Å². The van der Waals surface area contributed by atoms with Crippen molar-refractivity contribution < 1.29 is 37.0 Å². The zero-order chi connectivity index (χ0) is 24.8. The van der Waals surface area contributed by atoms with Gasteiger partial charge in [-0.15, -0.1) is 0 Å². The van der Waals surface area contributed by atoms with Crippen molar-refractivity contribution in [2.24, 2.45) is 0 Å². The van der Waals surface area contributed by atoms with E-state index >= 15 is 0 Å². The van der Waals surface area contributed by atoms with Crippen molar-refractivity contribution in [2.45, 2.75) is 19.4 Å². The van der Waals surface area contributed by atoms with Gasteiger partial charge in [-0.05, 0) is 30.7 Å². The van der Waals surface area contributed by atoms with Gasteiger partial charge in [0.15, 0.2) is 17.6 Å². The Morgan fingerprint density at radius 2 is 1.61 bits per heavy atom. The van der Waals surface area contributed by atoms with E-state index in [0.717, 1.165) is 10.6 Å². The zero-order valence-corrected chi connectivity index (χ0v) is 20.2. The van der Waals surface area contributed by atoms with Gasteiger partial charge in [-0.2, -0.15) is 0 Å².